The Kier molecular flexibility index (Phi) is 10.1. The lowest BCUT2D eigenvalue weighted by Gasteiger charge is -2.43. The summed E-state index contributed by atoms with van der Waals surface area (Å²) in [6.07, 6.45) is 2.01. The van der Waals surface area contributed by atoms with E-state index in [9.17, 15) is 9.59 Å². The second-order valence-corrected chi connectivity index (χ2v) is 11.2. The van der Waals surface area contributed by atoms with Crippen LogP contribution in [0.1, 0.15) is 31.7 Å². The summed E-state index contributed by atoms with van der Waals surface area (Å²) < 4.78 is 6.22. The first-order valence-electron chi connectivity index (χ1n) is 13.7. The maximum absolute atomic E-state index is 13.5. The van der Waals surface area contributed by atoms with E-state index in [4.69, 9.17) is 16.3 Å². The number of hydrogen-bond donors (Lipinski definition) is 0. The normalized spacial score (nSPS) is 20.8. The van der Waals surface area contributed by atoms with Gasteiger partial charge in [-0.1, -0.05) is 54.9 Å². The predicted octanol–water partition coefficient (Wildman–Crippen LogP) is 4.01. The molecule has 8 heteroatoms. The van der Waals surface area contributed by atoms with Gasteiger partial charge in [0.2, 0.25) is 11.8 Å². The number of carbonyl (C=O) groups excluding carboxylic acids is 2. The number of halogens is 1. The highest BCUT2D eigenvalue weighted by molar-refractivity contribution is 6.30. The van der Waals surface area contributed by atoms with Crippen LogP contribution in [0.4, 0.5) is 0 Å². The standard InChI is InChI=1S/C30H41ClN4O3/c1-3-33-15-17-34(18-16-33)22-29(37)35-14-8-13-30(23-35,24-38-27-12-7-11-26(31)19-27)20-28(36)32(2)21-25-9-5-4-6-10-25/h4-7,9-12,19H,3,8,13-18,20-24H2,1-2H3. The molecule has 0 saturated carbocycles. The van der Waals surface area contributed by atoms with Gasteiger partial charge in [0, 0.05) is 69.7 Å². The molecule has 1 unspecified atom stereocenters. The summed E-state index contributed by atoms with van der Waals surface area (Å²) in [6.45, 7) is 9.66. The largest absolute Gasteiger partial charge is 0.493 e. The molecule has 2 amide bonds. The second kappa shape index (κ2) is 13.5. The van der Waals surface area contributed by atoms with Crippen molar-refractivity contribution in [3.05, 3.63) is 65.2 Å². The van der Waals surface area contributed by atoms with Gasteiger partial charge in [0.05, 0.1) is 13.2 Å². The van der Waals surface area contributed by atoms with E-state index in [1.54, 1.807) is 11.0 Å². The summed E-state index contributed by atoms with van der Waals surface area (Å²) in [5, 5.41) is 0.610. The molecule has 2 aliphatic heterocycles. The average Bonchev–Trinajstić information content (AvgIpc) is 2.93. The molecular weight excluding hydrogens is 500 g/mol. The highest BCUT2D eigenvalue weighted by Crippen LogP contribution is 2.36. The Labute approximate surface area is 232 Å². The molecule has 2 heterocycles. The number of ether oxygens (including phenoxy) is 1. The van der Waals surface area contributed by atoms with Gasteiger partial charge < -0.3 is 19.4 Å². The molecule has 0 bridgehead atoms. The third kappa shape index (κ3) is 7.95. The Morgan fingerprint density at radius 2 is 1.74 bits per heavy atom. The smallest absolute Gasteiger partial charge is 0.236 e. The van der Waals surface area contributed by atoms with Crippen LogP contribution < -0.4 is 4.74 Å². The predicted molar refractivity (Wildman–Crippen MR) is 151 cm³/mol. The molecule has 0 spiro atoms. The lowest BCUT2D eigenvalue weighted by atomic mass is 9.77. The number of nitrogens with zero attached hydrogens (tertiary/aromatic N) is 4. The molecule has 2 saturated heterocycles. The Balaban J connectivity index is 1.44. The van der Waals surface area contributed by atoms with Crippen molar-refractivity contribution in [1.29, 1.82) is 0 Å². The van der Waals surface area contributed by atoms with Crippen LogP contribution in [-0.2, 0) is 16.1 Å². The summed E-state index contributed by atoms with van der Waals surface area (Å²) in [5.41, 5.74) is 0.635. The number of benzene rings is 2. The van der Waals surface area contributed by atoms with Crippen molar-refractivity contribution >= 4 is 23.4 Å². The quantitative estimate of drug-likeness (QED) is 0.456. The van der Waals surface area contributed by atoms with Crippen LogP contribution >= 0.6 is 11.6 Å². The summed E-state index contributed by atoms with van der Waals surface area (Å²) >= 11 is 6.18. The van der Waals surface area contributed by atoms with Gasteiger partial charge in [0.15, 0.2) is 0 Å². The van der Waals surface area contributed by atoms with Gasteiger partial charge in [-0.05, 0) is 43.1 Å². The number of piperidine rings is 1. The number of likely N-dealkylation sites (N-methyl/N-ethyl adjacent to an activating group) is 1. The van der Waals surface area contributed by atoms with Gasteiger partial charge in [-0.25, -0.2) is 0 Å². The Morgan fingerprint density at radius 3 is 2.45 bits per heavy atom. The highest BCUT2D eigenvalue weighted by Gasteiger charge is 2.41. The summed E-state index contributed by atoms with van der Waals surface area (Å²) in [7, 11) is 1.85. The van der Waals surface area contributed by atoms with E-state index in [0.29, 0.717) is 43.4 Å². The first-order chi connectivity index (χ1) is 18.4. The number of likely N-dealkylation sites (tertiary alicyclic amines) is 1. The van der Waals surface area contributed by atoms with E-state index in [2.05, 4.69) is 16.7 Å². The maximum Gasteiger partial charge on any atom is 0.236 e. The van der Waals surface area contributed by atoms with Crippen molar-refractivity contribution in [3.8, 4) is 5.75 Å². The van der Waals surface area contributed by atoms with Crippen molar-refractivity contribution in [2.24, 2.45) is 5.41 Å². The van der Waals surface area contributed by atoms with Crippen LogP contribution in [0, 0.1) is 5.41 Å². The van der Waals surface area contributed by atoms with Gasteiger partial charge in [-0.15, -0.1) is 0 Å². The first-order valence-corrected chi connectivity index (χ1v) is 14.1. The van der Waals surface area contributed by atoms with Crippen molar-refractivity contribution in [1.82, 2.24) is 19.6 Å². The monoisotopic (exact) mass is 540 g/mol. The molecule has 2 aromatic carbocycles. The summed E-state index contributed by atoms with van der Waals surface area (Å²) in [4.78, 5) is 35.3. The van der Waals surface area contributed by atoms with Crippen molar-refractivity contribution < 1.29 is 14.3 Å². The second-order valence-electron chi connectivity index (χ2n) is 10.8. The highest BCUT2D eigenvalue weighted by atomic mass is 35.5. The third-order valence-corrected chi connectivity index (χ3v) is 8.08. The molecular formula is C30H41ClN4O3. The average molecular weight is 541 g/mol. The van der Waals surface area contributed by atoms with Crippen LogP contribution in [-0.4, -0.2) is 97.4 Å². The number of piperazine rings is 1. The molecule has 0 aliphatic carbocycles. The zero-order chi connectivity index (χ0) is 27.0. The van der Waals surface area contributed by atoms with Gasteiger partial charge >= 0.3 is 0 Å². The van der Waals surface area contributed by atoms with Gasteiger partial charge in [-0.3, -0.25) is 14.5 Å². The first kappa shape index (κ1) is 28.4. The zero-order valence-corrected chi connectivity index (χ0v) is 23.5. The van der Waals surface area contributed by atoms with E-state index >= 15 is 0 Å². The number of hydrogen-bond acceptors (Lipinski definition) is 5. The summed E-state index contributed by atoms with van der Waals surface area (Å²) in [5.74, 6) is 0.889. The number of amides is 2. The van der Waals surface area contributed by atoms with E-state index in [-0.39, 0.29) is 11.8 Å². The van der Waals surface area contributed by atoms with E-state index < -0.39 is 5.41 Å². The zero-order valence-electron chi connectivity index (χ0n) is 22.8. The van der Waals surface area contributed by atoms with E-state index in [1.165, 1.54) is 0 Å². The molecule has 2 fully saturated rings. The molecule has 38 heavy (non-hydrogen) atoms. The molecule has 2 aromatic rings. The van der Waals surface area contributed by atoms with Crippen LogP contribution in [0.15, 0.2) is 54.6 Å². The number of rotatable bonds is 10. The minimum absolute atomic E-state index is 0.0635. The van der Waals surface area contributed by atoms with Crippen LogP contribution in [0.3, 0.4) is 0 Å². The minimum Gasteiger partial charge on any atom is -0.493 e. The van der Waals surface area contributed by atoms with Gasteiger partial charge in [0.1, 0.15) is 5.75 Å². The lowest BCUT2D eigenvalue weighted by Crippen LogP contribution is -2.54. The minimum atomic E-state index is -0.459. The fraction of sp³-hybridized carbons (Fsp3) is 0.533. The molecule has 4 rings (SSSR count). The van der Waals surface area contributed by atoms with Gasteiger partial charge in [0.25, 0.3) is 0 Å². The Bertz CT molecular complexity index is 1060. The van der Waals surface area contributed by atoms with Gasteiger partial charge in [-0.2, -0.15) is 0 Å². The molecule has 0 N–H and O–H groups in total. The van der Waals surface area contributed by atoms with Crippen LogP contribution in [0.2, 0.25) is 5.02 Å². The van der Waals surface area contributed by atoms with Crippen molar-refractivity contribution in [3.63, 3.8) is 0 Å². The molecule has 206 valence electrons. The molecule has 1 atom stereocenters. The lowest BCUT2D eigenvalue weighted by molar-refractivity contribution is -0.142. The third-order valence-electron chi connectivity index (χ3n) is 7.84. The molecule has 7 nitrogen and oxygen atoms in total. The van der Waals surface area contributed by atoms with E-state index in [1.807, 2.05) is 60.5 Å². The van der Waals surface area contributed by atoms with E-state index in [0.717, 1.165) is 57.7 Å². The molecule has 0 aromatic heterocycles. The SMILES string of the molecule is CCN1CCN(CC(=O)N2CCCC(COc3cccc(Cl)c3)(CC(=O)N(C)Cc3ccccc3)C2)CC1. The number of carbonyl (C=O) groups is 2. The summed E-state index contributed by atoms with van der Waals surface area (Å²) in [6, 6.07) is 17.4. The molecule has 2 aliphatic rings. The maximum atomic E-state index is 13.5. The van der Waals surface area contributed by atoms with Crippen molar-refractivity contribution in [2.75, 3.05) is 66.0 Å². The van der Waals surface area contributed by atoms with Crippen LogP contribution in [0.25, 0.3) is 0 Å². The van der Waals surface area contributed by atoms with Crippen LogP contribution in [0.5, 0.6) is 5.75 Å². The fourth-order valence-corrected chi connectivity index (χ4v) is 5.66. The fourth-order valence-electron chi connectivity index (χ4n) is 5.48. The Hall–Kier alpha value is -2.61. The Morgan fingerprint density at radius 1 is 1.00 bits per heavy atom. The van der Waals surface area contributed by atoms with Crippen molar-refractivity contribution in [2.45, 2.75) is 32.7 Å². The molecule has 0 radical (unpaired) electrons. The topological polar surface area (TPSA) is 56.3 Å².